The van der Waals surface area contributed by atoms with Gasteiger partial charge >= 0.3 is 5.97 Å². The number of benzene rings is 2. The van der Waals surface area contributed by atoms with Gasteiger partial charge in [0.2, 0.25) is 0 Å². The summed E-state index contributed by atoms with van der Waals surface area (Å²) in [6.07, 6.45) is 0. The van der Waals surface area contributed by atoms with Gasteiger partial charge in [-0.05, 0) is 42.3 Å². The van der Waals surface area contributed by atoms with Crippen molar-refractivity contribution >= 4 is 21.9 Å². The molecule has 0 amide bonds. The van der Waals surface area contributed by atoms with E-state index in [0.717, 1.165) is 11.1 Å². The highest BCUT2D eigenvalue weighted by Gasteiger charge is 2.07. The van der Waals surface area contributed by atoms with Crippen LogP contribution in [0.3, 0.4) is 0 Å². The molecule has 3 nitrogen and oxygen atoms in total. The van der Waals surface area contributed by atoms with Crippen molar-refractivity contribution in [3.63, 3.8) is 0 Å². The number of carboxylic acid groups (broad SMARTS) is 1. The predicted octanol–water partition coefficient (Wildman–Crippen LogP) is 4.17. The van der Waals surface area contributed by atoms with E-state index in [9.17, 15) is 9.18 Å². The van der Waals surface area contributed by atoms with E-state index in [2.05, 4.69) is 15.9 Å². The highest BCUT2D eigenvalue weighted by molar-refractivity contribution is 9.10. The minimum Gasteiger partial charge on any atom is -0.489 e. The fraction of sp³-hybridized carbons (Fsp3) is 0.133. The van der Waals surface area contributed by atoms with Crippen LogP contribution in [-0.4, -0.2) is 11.1 Å². The predicted molar refractivity (Wildman–Crippen MR) is 76.6 cm³/mol. The van der Waals surface area contributed by atoms with E-state index >= 15 is 0 Å². The lowest BCUT2D eigenvalue weighted by molar-refractivity contribution is 0.0696. The van der Waals surface area contributed by atoms with Crippen LogP contribution in [0.1, 0.15) is 21.5 Å². The Balaban J connectivity index is 2.12. The third-order valence-corrected chi connectivity index (χ3v) is 3.28. The highest BCUT2D eigenvalue weighted by Crippen LogP contribution is 2.22. The summed E-state index contributed by atoms with van der Waals surface area (Å²) in [5.41, 5.74) is 1.91. The second kappa shape index (κ2) is 6.05. The molecule has 0 unspecified atom stereocenters. The molecule has 0 aliphatic rings. The molecule has 0 aliphatic heterocycles. The Labute approximate surface area is 124 Å². The van der Waals surface area contributed by atoms with Gasteiger partial charge in [-0.2, -0.15) is 0 Å². The van der Waals surface area contributed by atoms with Gasteiger partial charge in [0, 0.05) is 10.5 Å². The van der Waals surface area contributed by atoms with Crippen LogP contribution in [0.4, 0.5) is 4.39 Å². The standard InChI is InChI=1S/C15H12BrFO3/c1-9-4-10(15(18)19)2-3-11(9)8-20-14-6-12(16)5-13(17)7-14/h2-7H,8H2,1H3,(H,18,19). The molecule has 0 aromatic heterocycles. The van der Waals surface area contributed by atoms with Gasteiger partial charge < -0.3 is 9.84 Å². The van der Waals surface area contributed by atoms with Gasteiger partial charge in [0.15, 0.2) is 0 Å². The van der Waals surface area contributed by atoms with Crippen molar-refractivity contribution in [1.82, 2.24) is 0 Å². The maximum absolute atomic E-state index is 13.2. The number of halogens is 2. The molecule has 0 fully saturated rings. The zero-order valence-corrected chi connectivity index (χ0v) is 12.3. The zero-order valence-electron chi connectivity index (χ0n) is 10.7. The first-order valence-electron chi connectivity index (χ1n) is 5.87. The number of hydrogen-bond acceptors (Lipinski definition) is 2. The van der Waals surface area contributed by atoms with Crippen LogP contribution in [0, 0.1) is 12.7 Å². The smallest absolute Gasteiger partial charge is 0.335 e. The monoisotopic (exact) mass is 338 g/mol. The average molecular weight is 339 g/mol. The molecule has 20 heavy (non-hydrogen) atoms. The Hall–Kier alpha value is -1.88. The summed E-state index contributed by atoms with van der Waals surface area (Å²) in [5, 5.41) is 8.89. The number of rotatable bonds is 4. The molecule has 2 aromatic carbocycles. The van der Waals surface area contributed by atoms with E-state index in [1.807, 2.05) is 6.92 Å². The molecule has 0 bridgehead atoms. The summed E-state index contributed by atoms with van der Waals surface area (Å²) >= 11 is 3.19. The molecule has 0 aliphatic carbocycles. The van der Waals surface area contributed by atoms with Crippen molar-refractivity contribution in [3.05, 3.63) is 63.4 Å². The van der Waals surface area contributed by atoms with Gasteiger partial charge in [0.1, 0.15) is 18.2 Å². The van der Waals surface area contributed by atoms with Crippen LogP contribution >= 0.6 is 15.9 Å². The van der Waals surface area contributed by atoms with Crippen molar-refractivity contribution in [2.75, 3.05) is 0 Å². The quantitative estimate of drug-likeness (QED) is 0.909. The first-order chi connectivity index (χ1) is 9.45. The lowest BCUT2D eigenvalue weighted by Crippen LogP contribution is -2.02. The molecule has 0 spiro atoms. The molecule has 0 saturated heterocycles. The van der Waals surface area contributed by atoms with E-state index in [-0.39, 0.29) is 18.0 Å². The third kappa shape index (κ3) is 3.57. The Bertz CT molecular complexity index is 635. The first kappa shape index (κ1) is 14.5. The average Bonchev–Trinajstić information content (AvgIpc) is 2.36. The van der Waals surface area contributed by atoms with Crippen LogP contribution in [-0.2, 0) is 6.61 Å². The van der Waals surface area contributed by atoms with Gasteiger partial charge in [-0.1, -0.05) is 22.0 Å². The molecule has 104 valence electrons. The van der Waals surface area contributed by atoms with Crippen molar-refractivity contribution in [2.24, 2.45) is 0 Å². The van der Waals surface area contributed by atoms with Crippen LogP contribution in [0.5, 0.6) is 5.75 Å². The van der Waals surface area contributed by atoms with E-state index in [4.69, 9.17) is 9.84 Å². The first-order valence-corrected chi connectivity index (χ1v) is 6.67. The third-order valence-electron chi connectivity index (χ3n) is 2.82. The summed E-state index contributed by atoms with van der Waals surface area (Å²) in [7, 11) is 0. The molecular formula is C15H12BrFO3. The Morgan fingerprint density at radius 2 is 2.05 bits per heavy atom. The number of aryl methyl sites for hydroxylation is 1. The lowest BCUT2D eigenvalue weighted by atomic mass is 10.1. The van der Waals surface area contributed by atoms with Crippen molar-refractivity contribution in [1.29, 1.82) is 0 Å². The zero-order chi connectivity index (χ0) is 14.7. The van der Waals surface area contributed by atoms with E-state index < -0.39 is 5.97 Å². The summed E-state index contributed by atoms with van der Waals surface area (Å²) in [4.78, 5) is 10.8. The molecule has 0 saturated carbocycles. The van der Waals surface area contributed by atoms with Gasteiger partial charge in [0.25, 0.3) is 0 Å². The molecule has 5 heteroatoms. The summed E-state index contributed by atoms with van der Waals surface area (Å²) in [6.45, 7) is 2.06. The Morgan fingerprint density at radius 1 is 1.30 bits per heavy atom. The van der Waals surface area contributed by atoms with E-state index in [1.165, 1.54) is 18.2 Å². The number of carboxylic acids is 1. The number of hydrogen-bond donors (Lipinski definition) is 1. The maximum Gasteiger partial charge on any atom is 0.335 e. The van der Waals surface area contributed by atoms with Crippen molar-refractivity contribution in [2.45, 2.75) is 13.5 Å². The SMILES string of the molecule is Cc1cc(C(=O)O)ccc1COc1cc(F)cc(Br)c1. The van der Waals surface area contributed by atoms with Crippen molar-refractivity contribution in [3.8, 4) is 5.75 Å². The van der Waals surface area contributed by atoms with Gasteiger partial charge in [-0.15, -0.1) is 0 Å². The van der Waals surface area contributed by atoms with E-state index in [1.54, 1.807) is 18.2 Å². The largest absolute Gasteiger partial charge is 0.489 e. The van der Waals surface area contributed by atoms with E-state index in [0.29, 0.717) is 10.2 Å². The number of carbonyl (C=O) groups is 1. The molecule has 0 radical (unpaired) electrons. The topological polar surface area (TPSA) is 46.5 Å². The fourth-order valence-electron chi connectivity index (χ4n) is 1.76. The Kier molecular flexibility index (Phi) is 4.39. The van der Waals surface area contributed by atoms with Crippen LogP contribution in [0.2, 0.25) is 0 Å². The highest BCUT2D eigenvalue weighted by atomic mass is 79.9. The van der Waals surface area contributed by atoms with Crippen molar-refractivity contribution < 1.29 is 19.0 Å². The minimum atomic E-state index is -0.963. The second-order valence-corrected chi connectivity index (χ2v) is 5.26. The van der Waals surface area contributed by atoms with Gasteiger partial charge in [-0.25, -0.2) is 9.18 Å². The molecule has 0 heterocycles. The lowest BCUT2D eigenvalue weighted by Gasteiger charge is -2.10. The normalized spacial score (nSPS) is 10.3. The molecule has 2 aromatic rings. The van der Waals surface area contributed by atoms with Crippen LogP contribution in [0.15, 0.2) is 40.9 Å². The molecule has 1 N–H and O–H groups in total. The summed E-state index contributed by atoms with van der Waals surface area (Å²) in [6, 6.07) is 9.13. The van der Waals surface area contributed by atoms with Crippen LogP contribution < -0.4 is 4.74 Å². The fourth-order valence-corrected chi connectivity index (χ4v) is 2.21. The number of ether oxygens (including phenoxy) is 1. The summed E-state index contributed by atoms with van der Waals surface area (Å²) in [5.74, 6) is -0.930. The van der Waals surface area contributed by atoms with Gasteiger partial charge in [-0.3, -0.25) is 0 Å². The van der Waals surface area contributed by atoms with Gasteiger partial charge in [0.05, 0.1) is 5.56 Å². The molecule has 0 atom stereocenters. The molecular weight excluding hydrogens is 327 g/mol. The molecule has 2 rings (SSSR count). The Morgan fingerprint density at radius 3 is 2.65 bits per heavy atom. The second-order valence-electron chi connectivity index (χ2n) is 4.34. The van der Waals surface area contributed by atoms with Crippen LogP contribution in [0.25, 0.3) is 0 Å². The minimum absolute atomic E-state index is 0.236. The summed E-state index contributed by atoms with van der Waals surface area (Å²) < 4.78 is 19.3. The maximum atomic E-state index is 13.2. The number of aromatic carboxylic acids is 1.